The minimum atomic E-state index is -0.770. The molecule has 2 rings (SSSR count). The van der Waals surface area contributed by atoms with E-state index in [4.69, 9.17) is 11.6 Å². The number of nitro benzene ring substituents is 1. The zero-order chi connectivity index (χ0) is 16.4. The van der Waals surface area contributed by atoms with Crippen LogP contribution in [0.25, 0.3) is 11.1 Å². The second-order valence-electron chi connectivity index (χ2n) is 4.51. The van der Waals surface area contributed by atoms with Crippen LogP contribution in [0.4, 0.5) is 5.69 Å². The third kappa shape index (κ3) is 2.98. The van der Waals surface area contributed by atoms with E-state index in [9.17, 15) is 14.9 Å². The highest BCUT2D eigenvalue weighted by atomic mass is 79.9. The van der Waals surface area contributed by atoms with E-state index in [2.05, 4.69) is 20.7 Å². The van der Waals surface area contributed by atoms with E-state index in [0.717, 1.165) is 0 Å². The van der Waals surface area contributed by atoms with Gasteiger partial charge in [-0.25, -0.2) is 4.79 Å². The summed E-state index contributed by atoms with van der Waals surface area (Å²) in [5, 5.41) is 12.0. The maximum Gasteiger partial charge on any atom is 0.344 e. The van der Waals surface area contributed by atoms with Gasteiger partial charge in [-0.05, 0) is 36.2 Å². The summed E-state index contributed by atoms with van der Waals surface area (Å²) in [6.45, 7) is 1.76. The number of benzene rings is 2. The number of esters is 1. The second-order valence-corrected chi connectivity index (χ2v) is 5.83. The maximum atomic E-state index is 11.9. The fourth-order valence-corrected chi connectivity index (χ4v) is 2.80. The SMILES string of the molecule is COC(=O)c1cc(Br)cc(-c2cccc(Cl)c2C)c1[N+](=O)[O-]. The molecular formula is C15H11BrClNO4. The van der Waals surface area contributed by atoms with Crippen molar-refractivity contribution in [3.05, 3.63) is 61.1 Å². The lowest BCUT2D eigenvalue weighted by atomic mass is 9.96. The average Bonchev–Trinajstić information content (AvgIpc) is 2.47. The van der Waals surface area contributed by atoms with Crippen molar-refractivity contribution in [1.29, 1.82) is 0 Å². The Morgan fingerprint density at radius 3 is 2.59 bits per heavy atom. The first kappa shape index (κ1) is 16.5. The van der Waals surface area contributed by atoms with Crippen molar-refractivity contribution in [2.24, 2.45) is 0 Å². The minimum Gasteiger partial charge on any atom is -0.465 e. The Hall–Kier alpha value is -1.92. The van der Waals surface area contributed by atoms with Crippen molar-refractivity contribution in [3.63, 3.8) is 0 Å². The molecule has 0 bridgehead atoms. The first-order valence-electron chi connectivity index (χ1n) is 6.18. The summed E-state index contributed by atoms with van der Waals surface area (Å²) in [5.74, 6) is -0.770. The molecule has 114 valence electrons. The molecule has 0 atom stereocenters. The van der Waals surface area contributed by atoms with Gasteiger partial charge in [0.1, 0.15) is 5.56 Å². The van der Waals surface area contributed by atoms with E-state index in [-0.39, 0.29) is 11.3 Å². The quantitative estimate of drug-likeness (QED) is 0.434. The van der Waals surface area contributed by atoms with E-state index in [0.29, 0.717) is 26.2 Å². The van der Waals surface area contributed by atoms with E-state index < -0.39 is 10.9 Å². The zero-order valence-electron chi connectivity index (χ0n) is 11.7. The summed E-state index contributed by atoms with van der Waals surface area (Å²) in [5.41, 5.74) is 1.17. The third-order valence-electron chi connectivity index (χ3n) is 3.22. The van der Waals surface area contributed by atoms with Crippen molar-refractivity contribution in [1.82, 2.24) is 0 Å². The Balaban J connectivity index is 2.86. The highest BCUT2D eigenvalue weighted by molar-refractivity contribution is 9.10. The molecule has 0 aliphatic rings. The zero-order valence-corrected chi connectivity index (χ0v) is 14.1. The van der Waals surface area contributed by atoms with Crippen LogP contribution in [0.5, 0.6) is 0 Å². The number of halogens is 2. The van der Waals surface area contributed by atoms with Gasteiger partial charge < -0.3 is 4.74 Å². The van der Waals surface area contributed by atoms with Crippen LogP contribution in [0, 0.1) is 17.0 Å². The molecule has 0 amide bonds. The Morgan fingerprint density at radius 2 is 2.00 bits per heavy atom. The summed E-state index contributed by atoms with van der Waals surface area (Å²) in [6, 6.07) is 8.08. The molecule has 0 unspecified atom stereocenters. The number of hydrogen-bond donors (Lipinski definition) is 0. The lowest BCUT2D eigenvalue weighted by Crippen LogP contribution is -2.07. The number of carbonyl (C=O) groups excluding carboxylic acids is 1. The lowest BCUT2D eigenvalue weighted by Gasteiger charge is -2.11. The molecule has 0 saturated heterocycles. The highest BCUT2D eigenvalue weighted by Gasteiger charge is 2.28. The number of nitrogens with zero attached hydrogens (tertiary/aromatic N) is 1. The molecule has 0 aliphatic carbocycles. The number of methoxy groups -OCH3 is 1. The van der Waals surface area contributed by atoms with E-state index >= 15 is 0 Å². The van der Waals surface area contributed by atoms with Crippen molar-refractivity contribution >= 4 is 39.2 Å². The van der Waals surface area contributed by atoms with Crippen molar-refractivity contribution in [2.75, 3.05) is 7.11 Å². The number of rotatable bonds is 3. The van der Waals surface area contributed by atoms with Crippen LogP contribution in [-0.2, 0) is 4.74 Å². The summed E-state index contributed by atoms with van der Waals surface area (Å²) < 4.78 is 5.17. The van der Waals surface area contributed by atoms with Gasteiger partial charge >= 0.3 is 5.97 Å². The molecule has 22 heavy (non-hydrogen) atoms. The molecule has 0 N–H and O–H groups in total. The molecule has 0 radical (unpaired) electrons. The van der Waals surface area contributed by atoms with Gasteiger partial charge in [0, 0.05) is 9.50 Å². The Labute approximate surface area is 140 Å². The Morgan fingerprint density at radius 1 is 1.32 bits per heavy atom. The third-order valence-corrected chi connectivity index (χ3v) is 4.09. The fraction of sp³-hybridized carbons (Fsp3) is 0.133. The molecule has 2 aromatic rings. The van der Waals surface area contributed by atoms with Gasteiger partial charge in [-0.1, -0.05) is 39.7 Å². The summed E-state index contributed by atoms with van der Waals surface area (Å²) >= 11 is 9.36. The van der Waals surface area contributed by atoms with Crippen molar-refractivity contribution in [3.8, 4) is 11.1 Å². The van der Waals surface area contributed by atoms with Crippen LogP contribution in [0.2, 0.25) is 5.02 Å². The van der Waals surface area contributed by atoms with E-state index in [1.165, 1.54) is 13.2 Å². The average molecular weight is 385 g/mol. The summed E-state index contributed by atoms with van der Waals surface area (Å²) in [7, 11) is 1.18. The topological polar surface area (TPSA) is 69.4 Å². The van der Waals surface area contributed by atoms with Crippen molar-refractivity contribution < 1.29 is 14.5 Å². The second kappa shape index (κ2) is 6.46. The molecule has 0 spiro atoms. The predicted molar refractivity (Wildman–Crippen MR) is 87.3 cm³/mol. The molecule has 7 heteroatoms. The number of hydrogen-bond acceptors (Lipinski definition) is 4. The van der Waals surface area contributed by atoms with Gasteiger partial charge in [0.2, 0.25) is 0 Å². The molecular weight excluding hydrogens is 374 g/mol. The van der Waals surface area contributed by atoms with Gasteiger partial charge in [0.15, 0.2) is 0 Å². The monoisotopic (exact) mass is 383 g/mol. The summed E-state index contributed by atoms with van der Waals surface area (Å²) in [4.78, 5) is 22.8. The van der Waals surface area contributed by atoms with Crippen LogP contribution in [0.15, 0.2) is 34.8 Å². The van der Waals surface area contributed by atoms with Crippen LogP contribution in [0.3, 0.4) is 0 Å². The molecule has 0 aliphatic heterocycles. The maximum absolute atomic E-state index is 11.9. The molecule has 0 heterocycles. The van der Waals surface area contributed by atoms with Crippen LogP contribution in [0.1, 0.15) is 15.9 Å². The van der Waals surface area contributed by atoms with Gasteiger partial charge in [0.05, 0.1) is 17.6 Å². The lowest BCUT2D eigenvalue weighted by molar-refractivity contribution is -0.384. The van der Waals surface area contributed by atoms with Crippen LogP contribution < -0.4 is 0 Å². The Bertz CT molecular complexity index is 776. The van der Waals surface area contributed by atoms with E-state index in [1.54, 1.807) is 31.2 Å². The van der Waals surface area contributed by atoms with Gasteiger partial charge in [-0.3, -0.25) is 10.1 Å². The van der Waals surface area contributed by atoms with Gasteiger partial charge in [0.25, 0.3) is 5.69 Å². The predicted octanol–water partition coefficient (Wildman–Crippen LogP) is 4.77. The first-order chi connectivity index (χ1) is 10.4. The number of carbonyl (C=O) groups is 1. The van der Waals surface area contributed by atoms with Gasteiger partial charge in [-0.15, -0.1) is 0 Å². The van der Waals surface area contributed by atoms with Crippen LogP contribution in [-0.4, -0.2) is 18.0 Å². The molecule has 2 aromatic carbocycles. The molecule has 0 saturated carbocycles. The normalized spacial score (nSPS) is 10.4. The largest absolute Gasteiger partial charge is 0.465 e. The number of nitro groups is 1. The fourth-order valence-electron chi connectivity index (χ4n) is 2.17. The van der Waals surface area contributed by atoms with E-state index in [1.807, 2.05) is 0 Å². The smallest absolute Gasteiger partial charge is 0.344 e. The first-order valence-corrected chi connectivity index (χ1v) is 7.35. The molecule has 5 nitrogen and oxygen atoms in total. The highest BCUT2D eigenvalue weighted by Crippen LogP contribution is 2.39. The van der Waals surface area contributed by atoms with Crippen molar-refractivity contribution in [2.45, 2.75) is 6.92 Å². The Kier molecular flexibility index (Phi) is 4.83. The van der Waals surface area contributed by atoms with Crippen LogP contribution >= 0.6 is 27.5 Å². The minimum absolute atomic E-state index is 0.115. The molecule has 0 fully saturated rings. The summed E-state index contributed by atoms with van der Waals surface area (Å²) in [6.07, 6.45) is 0. The molecule has 0 aromatic heterocycles. The standard InChI is InChI=1S/C15H11BrClNO4/c1-8-10(4-3-5-13(8)17)11-6-9(16)7-12(15(19)22-2)14(11)18(20)21/h3-7H,1-2H3. The van der Waals surface area contributed by atoms with Gasteiger partial charge in [-0.2, -0.15) is 0 Å². The number of ether oxygens (including phenoxy) is 1.